The van der Waals surface area contributed by atoms with Gasteiger partial charge in [0, 0.05) is 30.6 Å². The van der Waals surface area contributed by atoms with E-state index in [0.29, 0.717) is 5.75 Å². The number of carbonyl (C=O) groups is 2. The molecule has 258 valence electrons. The number of carbonyl (C=O) groups excluding carboxylic acids is 2. The summed E-state index contributed by atoms with van der Waals surface area (Å²) < 4.78 is 69.2. The van der Waals surface area contributed by atoms with Crippen molar-refractivity contribution < 1.29 is 36.3 Å². The van der Waals surface area contributed by atoms with E-state index in [4.69, 9.17) is 9.47 Å². The fourth-order valence-electron chi connectivity index (χ4n) is 5.97. The molecule has 0 spiro atoms. The van der Waals surface area contributed by atoms with E-state index in [0.717, 1.165) is 47.7 Å². The molecule has 0 aliphatic heterocycles. The number of rotatable bonds is 14. The van der Waals surface area contributed by atoms with Gasteiger partial charge in [-0.25, -0.2) is 17.2 Å². The maximum Gasteiger partial charge on any atom is 0.264 e. The molecular weight excluding hydrogens is 652 g/mol. The highest BCUT2D eigenvalue weighted by Gasteiger charge is 2.36. The van der Waals surface area contributed by atoms with Crippen LogP contribution in [0, 0.1) is 11.6 Å². The van der Waals surface area contributed by atoms with Crippen molar-refractivity contribution in [3.63, 3.8) is 0 Å². The molecule has 1 N–H and O–H groups in total. The molecule has 0 aromatic heterocycles. The van der Waals surface area contributed by atoms with Crippen LogP contribution in [0.5, 0.6) is 11.5 Å². The first-order valence-corrected chi connectivity index (χ1v) is 17.4. The van der Waals surface area contributed by atoms with Crippen molar-refractivity contribution in [1.82, 2.24) is 10.2 Å². The third-order valence-corrected chi connectivity index (χ3v) is 10.4. The predicted molar refractivity (Wildman–Crippen MR) is 182 cm³/mol. The molecule has 2 amide bonds. The zero-order valence-corrected chi connectivity index (χ0v) is 28.2. The molecule has 1 fully saturated rings. The van der Waals surface area contributed by atoms with Crippen molar-refractivity contribution in [1.29, 1.82) is 0 Å². The summed E-state index contributed by atoms with van der Waals surface area (Å²) in [5.74, 6) is -1.94. The molecule has 0 radical (unpaired) electrons. The van der Waals surface area contributed by atoms with Crippen LogP contribution in [0.2, 0.25) is 0 Å². The molecule has 1 aliphatic carbocycles. The lowest BCUT2D eigenvalue weighted by Gasteiger charge is -2.34. The van der Waals surface area contributed by atoms with E-state index in [-0.39, 0.29) is 40.9 Å². The van der Waals surface area contributed by atoms with E-state index in [1.165, 1.54) is 67.7 Å². The lowest BCUT2D eigenvalue weighted by Crippen LogP contribution is -2.54. The number of hydrogen-bond acceptors (Lipinski definition) is 6. The number of methoxy groups -OCH3 is 2. The highest BCUT2D eigenvalue weighted by molar-refractivity contribution is 7.92. The Bertz CT molecular complexity index is 1850. The van der Waals surface area contributed by atoms with Gasteiger partial charge in [0.1, 0.15) is 24.2 Å². The average molecular weight is 692 g/mol. The van der Waals surface area contributed by atoms with Gasteiger partial charge in [0.2, 0.25) is 11.8 Å². The van der Waals surface area contributed by atoms with Crippen LogP contribution in [0.3, 0.4) is 0 Å². The Kier molecular flexibility index (Phi) is 11.5. The molecule has 0 bridgehead atoms. The molecule has 1 unspecified atom stereocenters. The molecule has 4 aromatic rings. The second-order valence-electron chi connectivity index (χ2n) is 11.8. The van der Waals surface area contributed by atoms with Gasteiger partial charge in [0.15, 0.2) is 11.5 Å². The maximum atomic E-state index is 15.1. The Morgan fingerprint density at radius 2 is 1.51 bits per heavy atom. The van der Waals surface area contributed by atoms with E-state index >= 15 is 4.39 Å². The van der Waals surface area contributed by atoms with E-state index in [1.807, 2.05) is 30.3 Å². The SMILES string of the molecule is COc1ccc(S(=O)(=O)N(CC(=O)N(Cc2ccccc2F)C(Cc2ccccc2)C(=O)NC2CCCC2)c2ccc(F)cc2)cc1OC. The van der Waals surface area contributed by atoms with Gasteiger partial charge in [0.05, 0.1) is 24.8 Å². The Morgan fingerprint density at radius 3 is 2.16 bits per heavy atom. The molecule has 5 rings (SSSR count). The average Bonchev–Trinajstić information content (AvgIpc) is 3.63. The number of ether oxygens (including phenoxy) is 2. The summed E-state index contributed by atoms with van der Waals surface area (Å²) in [6.45, 7) is -1.09. The van der Waals surface area contributed by atoms with Crippen LogP contribution in [0.25, 0.3) is 0 Å². The fraction of sp³-hybridized carbons (Fsp3) is 0.297. The molecule has 1 saturated carbocycles. The Balaban J connectivity index is 1.59. The van der Waals surface area contributed by atoms with Gasteiger partial charge in [-0.1, -0.05) is 61.4 Å². The van der Waals surface area contributed by atoms with Gasteiger partial charge >= 0.3 is 0 Å². The summed E-state index contributed by atoms with van der Waals surface area (Å²) in [5, 5.41) is 3.08. The number of nitrogens with zero attached hydrogens (tertiary/aromatic N) is 2. The van der Waals surface area contributed by atoms with Gasteiger partial charge in [-0.15, -0.1) is 0 Å². The van der Waals surface area contributed by atoms with Crippen molar-refractivity contribution >= 4 is 27.5 Å². The monoisotopic (exact) mass is 691 g/mol. The predicted octanol–water partition coefficient (Wildman–Crippen LogP) is 5.88. The van der Waals surface area contributed by atoms with Crippen molar-refractivity contribution in [2.24, 2.45) is 0 Å². The third-order valence-electron chi connectivity index (χ3n) is 8.61. The second kappa shape index (κ2) is 16.0. The molecule has 12 heteroatoms. The van der Waals surface area contributed by atoms with Gasteiger partial charge in [-0.05, 0) is 60.9 Å². The molecule has 4 aromatic carbocycles. The third kappa shape index (κ3) is 8.55. The molecule has 1 atom stereocenters. The first-order chi connectivity index (χ1) is 23.6. The van der Waals surface area contributed by atoms with Crippen LogP contribution >= 0.6 is 0 Å². The van der Waals surface area contributed by atoms with Crippen LogP contribution in [-0.4, -0.2) is 58.0 Å². The normalized spacial score (nSPS) is 13.8. The summed E-state index contributed by atoms with van der Waals surface area (Å²) >= 11 is 0. The van der Waals surface area contributed by atoms with Crippen LogP contribution in [0.1, 0.15) is 36.8 Å². The first kappa shape index (κ1) is 35.3. The van der Waals surface area contributed by atoms with Gasteiger partial charge in [-0.2, -0.15) is 0 Å². The summed E-state index contributed by atoms with van der Waals surface area (Å²) in [6.07, 6.45) is 3.62. The van der Waals surface area contributed by atoms with Crippen LogP contribution in [0.4, 0.5) is 14.5 Å². The Hall–Kier alpha value is -4.97. The highest BCUT2D eigenvalue weighted by atomic mass is 32.2. The largest absolute Gasteiger partial charge is 0.493 e. The summed E-state index contributed by atoms with van der Waals surface area (Å²) in [7, 11) is -1.73. The van der Waals surface area contributed by atoms with Crippen molar-refractivity contribution in [2.45, 2.75) is 55.6 Å². The van der Waals surface area contributed by atoms with Gasteiger partial charge in [-0.3, -0.25) is 13.9 Å². The minimum atomic E-state index is -4.50. The molecule has 0 saturated heterocycles. The van der Waals surface area contributed by atoms with E-state index in [2.05, 4.69) is 5.32 Å². The molecule has 9 nitrogen and oxygen atoms in total. The topological polar surface area (TPSA) is 105 Å². The van der Waals surface area contributed by atoms with Crippen LogP contribution in [-0.2, 0) is 32.6 Å². The van der Waals surface area contributed by atoms with E-state index < -0.39 is 46.1 Å². The minimum absolute atomic E-state index is 0.00499. The quantitative estimate of drug-likeness (QED) is 0.177. The number of benzene rings is 4. The maximum absolute atomic E-state index is 15.1. The van der Waals surface area contributed by atoms with Gasteiger partial charge < -0.3 is 19.7 Å². The highest BCUT2D eigenvalue weighted by Crippen LogP contribution is 2.33. The minimum Gasteiger partial charge on any atom is -0.493 e. The zero-order valence-electron chi connectivity index (χ0n) is 27.4. The van der Waals surface area contributed by atoms with Crippen LogP contribution in [0.15, 0.2) is 102 Å². The number of hydrogen-bond donors (Lipinski definition) is 1. The molecule has 1 aliphatic rings. The van der Waals surface area contributed by atoms with E-state index in [1.54, 1.807) is 6.07 Å². The van der Waals surface area contributed by atoms with Crippen molar-refractivity contribution in [2.75, 3.05) is 25.1 Å². The number of halogens is 2. The number of anilines is 1. The van der Waals surface area contributed by atoms with Crippen LogP contribution < -0.4 is 19.1 Å². The lowest BCUT2D eigenvalue weighted by atomic mass is 10.0. The number of nitrogens with one attached hydrogen (secondary N) is 1. The van der Waals surface area contributed by atoms with E-state index in [9.17, 15) is 22.4 Å². The lowest BCUT2D eigenvalue weighted by molar-refractivity contribution is -0.140. The van der Waals surface area contributed by atoms with Gasteiger partial charge in [0.25, 0.3) is 10.0 Å². The Labute approximate surface area is 285 Å². The molecule has 49 heavy (non-hydrogen) atoms. The number of amides is 2. The standard InChI is InChI=1S/C37H39F2N3O6S/c1-47-34-21-20-31(23-35(34)48-2)49(45,46)42(30-18-16-28(38)17-19-30)25-36(43)41(24-27-12-6-9-15-32(27)39)33(22-26-10-4-3-5-11-26)37(44)40-29-13-7-8-14-29/h3-6,9-12,15-21,23,29,33H,7-8,13-14,22,24-25H2,1-2H3,(H,40,44). The smallest absolute Gasteiger partial charge is 0.264 e. The summed E-state index contributed by atoms with van der Waals surface area (Å²) in [4.78, 5) is 29.7. The van der Waals surface area contributed by atoms with Crippen molar-refractivity contribution in [3.8, 4) is 11.5 Å². The first-order valence-electron chi connectivity index (χ1n) is 16.0. The van der Waals surface area contributed by atoms with Crippen molar-refractivity contribution in [3.05, 3.63) is 120 Å². The Morgan fingerprint density at radius 1 is 0.857 bits per heavy atom. The second-order valence-corrected chi connectivity index (χ2v) is 13.7. The zero-order chi connectivity index (χ0) is 35.0. The summed E-state index contributed by atoms with van der Waals surface area (Å²) in [5.41, 5.74) is 0.915. The molecule has 0 heterocycles. The number of sulfonamides is 1. The fourth-order valence-corrected chi connectivity index (χ4v) is 7.40. The molecular formula is C37H39F2N3O6S. The summed E-state index contributed by atoms with van der Waals surface area (Å²) in [6, 6.07) is 22.5.